The van der Waals surface area contributed by atoms with Crippen LogP contribution in [0.15, 0.2) is 0 Å². The highest BCUT2D eigenvalue weighted by atomic mass is 35.5. The van der Waals surface area contributed by atoms with Crippen LogP contribution in [0.25, 0.3) is 0 Å². The van der Waals surface area contributed by atoms with Gasteiger partial charge in [-0.1, -0.05) is 0 Å². The van der Waals surface area contributed by atoms with Gasteiger partial charge in [-0.15, -0.1) is 12.4 Å². The minimum atomic E-state index is -0.307. The predicted molar refractivity (Wildman–Crippen MR) is 94.2 cm³/mol. The van der Waals surface area contributed by atoms with Gasteiger partial charge in [0, 0.05) is 32.2 Å². The molecule has 3 aliphatic heterocycles. The van der Waals surface area contributed by atoms with Crippen molar-refractivity contribution >= 4 is 24.2 Å². The summed E-state index contributed by atoms with van der Waals surface area (Å²) >= 11 is 0. The predicted octanol–water partition coefficient (Wildman–Crippen LogP) is 1.08. The topological polar surface area (TPSA) is 70.7 Å². The molecule has 0 saturated carbocycles. The highest BCUT2D eigenvalue weighted by molar-refractivity contribution is 5.89. The maximum absolute atomic E-state index is 12.5. The SMILES string of the molecule is Cl.O=C(CCC1CCNCC1)NC1CCN(C2CCOCC2)C1=O. The number of carbonyl (C=O) groups excluding carboxylic acids is 2. The van der Waals surface area contributed by atoms with Crippen LogP contribution in [0.5, 0.6) is 0 Å². The van der Waals surface area contributed by atoms with E-state index < -0.39 is 0 Å². The highest BCUT2D eigenvalue weighted by Gasteiger charge is 2.37. The van der Waals surface area contributed by atoms with Crippen LogP contribution in [0.2, 0.25) is 0 Å². The molecule has 0 aromatic heterocycles. The van der Waals surface area contributed by atoms with E-state index in [1.165, 1.54) is 0 Å². The number of piperidine rings is 1. The lowest BCUT2D eigenvalue weighted by atomic mass is 9.93. The summed E-state index contributed by atoms with van der Waals surface area (Å²) in [4.78, 5) is 26.6. The molecule has 3 heterocycles. The normalized spacial score (nSPS) is 26.2. The molecule has 3 fully saturated rings. The fourth-order valence-electron chi connectivity index (χ4n) is 3.97. The van der Waals surface area contributed by atoms with Crippen molar-refractivity contribution in [2.45, 2.75) is 57.0 Å². The number of rotatable bonds is 5. The first-order valence-corrected chi connectivity index (χ1v) is 9.12. The van der Waals surface area contributed by atoms with E-state index in [9.17, 15) is 9.59 Å². The minimum Gasteiger partial charge on any atom is -0.381 e. The monoisotopic (exact) mass is 359 g/mol. The second kappa shape index (κ2) is 9.59. The van der Waals surface area contributed by atoms with Crippen LogP contribution in [-0.2, 0) is 14.3 Å². The van der Waals surface area contributed by atoms with E-state index in [2.05, 4.69) is 10.6 Å². The summed E-state index contributed by atoms with van der Waals surface area (Å²) in [5, 5.41) is 6.30. The van der Waals surface area contributed by atoms with Crippen molar-refractivity contribution in [1.82, 2.24) is 15.5 Å². The summed E-state index contributed by atoms with van der Waals surface area (Å²) < 4.78 is 5.36. The van der Waals surface area contributed by atoms with Gasteiger partial charge in [0.1, 0.15) is 6.04 Å². The van der Waals surface area contributed by atoms with Crippen molar-refractivity contribution in [2.24, 2.45) is 5.92 Å². The van der Waals surface area contributed by atoms with Gasteiger partial charge in [-0.25, -0.2) is 0 Å². The Hall–Kier alpha value is -0.850. The smallest absolute Gasteiger partial charge is 0.245 e. The molecule has 1 unspecified atom stereocenters. The molecular formula is C17H30ClN3O3. The maximum atomic E-state index is 12.5. The Bertz CT molecular complexity index is 423. The average Bonchev–Trinajstić information content (AvgIpc) is 2.95. The molecule has 3 aliphatic rings. The summed E-state index contributed by atoms with van der Waals surface area (Å²) in [6.07, 6.45) is 6.39. The molecule has 3 saturated heterocycles. The van der Waals surface area contributed by atoms with E-state index in [1.807, 2.05) is 4.90 Å². The second-order valence-electron chi connectivity index (χ2n) is 7.02. The molecule has 0 aromatic carbocycles. The van der Waals surface area contributed by atoms with Crippen LogP contribution in [0.3, 0.4) is 0 Å². The standard InChI is InChI=1S/C17H29N3O3.ClH/c21-16(2-1-13-3-8-18-9-4-13)19-15-5-10-20(17(15)22)14-6-11-23-12-7-14;/h13-15,18H,1-12H2,(H,19,21);1H. The second-order valence-corrected chi connectivity index (χ2v) is 7.02. The molecule has 0 aliphatic carbocycles. The Balaban J connectivity index is 0.00000208. The zero-order chi connectivity index (χ0) is 16.1. The molecule has 1 atom stereocenters. The summed E-state index contributed by atoms with van der Waals surface area (Å²) in [7, 11) is 0. The molecular weight excluding hydrogens is 330 g/mol. The van der Waals surface area contributed by atoms with Crippen molar-refractivity contribution in [3.8, 4) is 0 Å². The van der Waals surface area contributed by atoms with Gasteiger partial charge in [-0.2, -0.15) is 0 Å². The van der Waals surface area contributed by atoms with E-state index in [1.54, 1.807) is 0 Å². The van der Waals surface area contributed by atoms with Gasteiger partial charge >= 0.3 is 0 Å². The van der Waals surface area contributed by atoms with E-state index in [0.717, 1.165) is 71.4 Å². The molecule has 138 valence electrons. The zero-order valence-electron chi connectivity index (χ0n) is 14.3. The Morgan fingerprint density at radius 1 is 1.17 bits per heavy atom. The Morgan fingerprint density at radius 2 is 1.88 bits per heavy atom. The lowest BCUT2D eigenvalue weighted by molar-refractivity contribution is -0.135. The van der Waals surface area contributed by atoms with Gasteiger partial charge in [0.2, 0.25) is 11.8 Å². The first kappa shape index (κ1) is 19.5. The third-order valence-electron chi connectivity index (χ3n) is 5.45. The fourth-order valence-corrected chi connectivity index (χ4v) is 3.97. The third-order valence-corrected chi connectivity index (χ3v) is 5.45. The van der Waals surface area contributed by atoms with Crippen LogP contribution in [0, 0.1) is 5.92 Å². The van der Waals surface area contributed by atoms with E-state index >= 15 is 0 Å². The highest BCUT2D eigenvalue weighted by Crippen LogP contribution is 2.22. The summed E-state index contributed by atoms with van der Waals surface area (Å²) in [6.45, 7) is 4.37. The minimum absolute atomic E-state index is 0. The summed E-state index contributed by atoms with van der Waals surface area (Å²) in [5.74, 6) is 0.794. The number of nitrogens with one attached hydrogen (secondary N) is 2. The molecule has 24 heavy (non-hydrogen) atoms. The van der Waals surface area contributed by atoms with E-state index in [0.29, 0.717) is 18.4 Å². The van der Waals surface area contributed by atoms with Gasteiger partial charge < -0.3 is 20.3 Å². The zero-order valence-corrected chi connectivity index (χ0v) is 15.1. The van der Waals surface area contributed by atoms with Crippen molar-refractivity contribution in [1.29, 1.82) is 0 Å². The molecule has 0 bridgehead atoms. The van der Waals surface area contributed by atoms with Crippen molar-refractivity contribution in [3.63, 3.8) is 0 Å². The van der Waals surface area contributed by atoms with Crippen LogP contribution < -0.4 is 10.6 Å². The van der Waals surface area contributed by atoms with Crippen molar-refractivity contribution < 1.29 is 14.3 Å². The maximum Gasteiger partial charge on any atom is 0.245 e. The third kappa shape index (κ3) is 5.07. The number of likely N-dealkylation sites (tertiary alicyclic amines) is 1. The fraction of sp³-hybridized carbons (Fsp3) is 0.882. The number of ether oxygens (including phenoxy) is 1. The lowest BCUT2D eigenvalue weighted by Gasteiger charge is -2.31. The van der Waals surface area contributed by atoms with E-state index in [-0.39, 0.29) is 30.3 Å². The average molecular weight is 360 g/mol. The van der Waals surface area contributed by atoms with Crippen molar-refractivity contribution in [2.75, 3.05) is 32.8 Å². The molecule has 2 amide bonds. The first-order chi connectivity index (χ1) is 11.2. The molecule has 0 spiro atoms. The van der Waals surface area contributed by atoms with Gasteiger partial charge in [0.25, 0.3) is 0 Å². The van der Waals surface area contributed by atoms with E-state index in [4.69, 9.17) is 4.74 Å². The number of halogens is 1. The van der Waals surface area contributed by atoms with Gasteiger partial charge in [0.15, 0.2) is 0 Å². The van der Waals surface area contributed by atoms with Crippen LogP contribution >= 0.6 is 12.4 Å². The Morgan fingerprint density at radius 3 is 2.58 bits per heavy atom. The van der Waals surface area contributed by atoms with Crippen molar-refractivity contribution in [3.05, 3.63) is 0 Å². The number of nitrogens with zero attached hydrogens (tertiary/aromatic N) is 1. The number of amides is 2. The molecule has 2 N–H and O–H groups in total. The summed E-state index contributed by atoms with van der Waals surface area (Å²) in [6, 6.07) is -0.00809. The molecule has 7 heteroatoms. The van der Waals surface area contributed by atoms with Gasteiger partial charge in [-0.05, 0) is 57.5 Å². The van der Waals surface area contributed by atoms with Gasteiger partial charge in [0.05, 0.1) is 0 Å². The Labute approximate surface area is 150 Å². The quantitative estimate of drug-likeness (QED) is 0.770. The summed E-state index contributed by atoms with van der Waals surface area (Å²) in [5.41, 5.74) is 0. The number of hydrogen-bond donors (Lipinski definition) is 2. The lowest BCUT2D eigenvalue weighted by Crippen LogP contribution is -2.46. The van der Waals surface area contributed by atoms with Gasteiger partial charge in [-0.3, -0.25) is 9.59 Å². The van der Waals surface area contributed by atoms with Crippen LogP contribution in [-0.4, -0.2) is 61.6 Å². The molecule has 0 radical (unpaired) electrons. The van der Waals surface area contributed by atoms with Crippen LogP contribution in [0.4, 0.5) is 0 Å². The van der Waals surface area contributed by atoms with Crippen LogP contribution in [0.1, 0.15) is 44.9 Å². The molecule has 6 nitrogen and oxygen atoms in total. The molecule has 3 rings (SSSR count). The molecule has 0 aromatic rings. The Kier molecular flexibility index (Phi) is 7.78. The first-order valence-electron chi connectivity index (χ1n) is 9.12. The number of carbonyl (C=O) groups is 2. The number of hydrogen-bond acceptors (Lipinski definition) is 4. The largest absolute Gasteiger partial charge is 0.381 e.